The highest BCUT2D eigenvalue weighted by Crippen LogP contribution is 2.27. The SMILES string of the molecule is COC(=O)c1oc(C(C)(C)O)cc1Cc1ccc(F)cc1. The van der Waals surface area contributed by atoms with Gasteiger partial charge in [0.1, 0.15) is 17.2 Å². The van der Waals surface area contributed by atoms with Crippen molar-refractivity contribution in [2.75, 3.05) is 7.11 Å². The molecule has 2 rings (SSSR count). The lowest BCUT2D eigenvalue weighted by Crippen LogP contribution is -2.14. The van der Waals surface area contributed by atoms with E-state index in [-0.39, 0.29) is 17.3 Å². The van der Waals surface area contributed by atoms with Crippen LogP contribution in [0.2, 0.25) is 0 Å². The minimum Gasteiger partial charge on any atom is -0.463 e. The van der Waals surface area contributed by atoms with E-state index in [1.165, 1.54) is 19.2 Å². The number of carbonyl (C=O) groups excluding carboxylic acids is 1. The molecule has 0 aliphatic carbocycles. The molecule has 112 valence electrons. The molecular formula is C16H17FO4. The molecule has 2 aromatic rings. The zero-order valence-corrected chi connectivity index (χ0v) is 12.1. The van der Waals surface area contributed by atoms with Crippen LogP contribution >= 0.6 is 0 Å². The summed E-state index contributed by atoms with van der Waals surface area (Å²) in [6.07, 6.45) is 0.379. The summed E-state index contributed by atoms with van der Waals surface area (Å²) >= 11 is 0. The van der Waals surface area contributed by atoms with Gasteiger partial charge in [-0.15, -0.1) is 0 Å². The van der Waals surface area contributed by atoms with E-state index in [2.05, 4.69) is 4.74 Å². The first-order valence-electron chi connectivity index (χ1n) is 6.49. The minimum absolute atomic E-state index is 0.0546. The van der Waals surface area contributed by atoms with Gasteiger partial charge in [0, 0.05) is 12.0 Å². The molecule has 0 fully saturated rings. The Morgan fingerprint density at radius 2 is 1.95 bits per heavy atom. The first-order valence-corrected chi connectivity index (χ1v) is 6.49. The van der Waals surface area contributed by atoms with E-state index in [1.54, 1.807) is 32.0 Å². The lowest BCUT2D eigenvalue weighted by Gasteiger charge is -2.12. The Bertz CT molecular complexity index is 635. The fraction of sp³-hybridized carbons (Fsp3) is 0.312. The average Bonchev–Trinajstić information content (AvgIpc) is 2.84. The molecule has 0 bridgehead atoms. The van der Waals surface area contributed by atoms with Gasteiger partial charge < -0.3 is 14.3 Å². The smallest absolute Gasteiger partial charge is 0.374 e. The number of aliphatic hydroxyl groups is 1. The standard InChI is InChI=1S/C16H17FO4/c1-16(2,19)13-9-11(14(21-13)15(18)20-3)8-10-4-6-12(17)7-5-10/h4-7,9,19H,8H2,1-3H3. The molecule has 0 aliphatic heterocycles. The third-order valence-corrected chi connectivity index (χ3v) is 3.09. The highest BCUT2D eigenvalue weighted by Gasteiger charge is 2.26. The van der Waals surface area contributed by atoms with Crippen LogP contribution in [-0.4, -0.2) is 18.2 Å². The maximum absolute atomic E-state index is 12.9. The third-order valence-electron chi connectivity index (χ3n) is 3.09. The number of hydrogen-bond acceptors (Lipinski definition) is 4. The van der Waals surface area contributed by atoms with Gasteiger partial charge in [0.05, 0.1) is 7.11 Å². The topological polar surface area (TPSA) is 59.7 Å². The Balaban J connectivity index is 2.38. The Labute approximate surface area is 122 Å². The van der Waals surface area contributed by atoms with Crippen molar-refractivity contribution in [1.82, 2.24) is 0 Å². The second-order valence-corrected chi connectivity index (χ2v) is 5.32. The molecule has 0 spiro atoms. The van der Waals surface area contributed by atoms with E-state index in [0.717, 1.165) is 5.56 Å². The molecule has 21 heavy (non-hydrogen) atoms. The first kappa shape index (κ1) is 15.3. The van der Waals surface area contributed by atoms with E-state index >= 15 is 0 Å². The molecule has 5 heteroatoms. The molecule has 0 atom stereocenters. The van der Waals surface area contributed by atoms with Crippen LogP contribution in [0.25, 0.3) is 0 Å². The molecule has 1 N–H and O–H groups in total. The van der Waals surface area contributed by atoms with Crippen molar-refractivity contribution < 1.29 is 23.4 Å². The lowest BCUT2D eigenvalue weighted by molar-refractivity contribution is 0.0451. The number of rotatable bonds is 4. The first-order chi connectivity index (χ1) is 9.81. The van der Waals surface area contributed by atoms with Gasteiger partial charge in [-0.1, -0.05) is 12.1 Å². The molecule has 1 aromatic heterocycles. The number of halogens is 1. The fourth-order valence-electron chi connectivity index (χ4n) is 1.95. The fourth-order valence-corrected chi connectivity index (χ4v) is 1.95. The summed E-state index contributed by atoms with van der Waals surface area (Å²) in [5, 5.41) is 9.99. The molecule has 0 radical (unpaired) electrons. The van der Waals surface area contributed by atoms with Crippen molar-refractivity contribution >= 4 is 5.97 Å². The monoisotopic (exact) mass is 292 g/mol. The predicted molar refractivity (Wildman–Crippen MR) is 74.5 cm³/mol. The quantitative estimate of drug-likeness (QED) is 0.880. The summed E-state index contributed by atoms with van der Waals surface area (Å²) < 4.78 is 23.0. The molecule has 0 saturated carbocycles. The number of ether oxygens (including phenoxy) is 1. The molecule has 0 amide bonds. The van der Waals surface area contributed by atoms with E-state index in [9.17, 15) is 14.3 Å². The summed E-state index contributed by atoms with van der Waals surface area (Å²) in [5.74, 6) is -0.599. The lowest BCUT2D eigenvalue weighted by atomic mass is 10.0. The van der Waals surface area contributed by atoms with Crippen LogP contribution in [-0.2, 0) is 16.8 Å². The molecule has 0 saturated heterocycles. The summed E-state index contributed by atoms with van der Waals surface area (Å²) in [6.45, 7) is 3.13. The zero-order valence-electron chi connectivity index (χ0n) is 12.1. The van der Waals surface area contributed by atoms with Gasteiger partial charge in [-0.3, -0.25) is 0 Å². The maximum Gasteiger partial charge on any atom is 0.374 e. The number of esters is 1. The van der Waals surface area contributed by atoms with Crippen molar-refractivity contribution in [3.05, 3.63) is 58.8 Å². The van der Waals surface area contributed by atoms with Gasteiger partial charge in [0.25, 0.3) is 0 Å². The van der Waals surface area contributed by atoms with Gasteiger partial charge in [0.15, 0.2) is 0 Å². The Morgan fingerprint density at radius 1 is 1.33 bits per heavy atom. The normalized spacial score (nSPS) is 11.5. The minimum atomic E-state index is -1.20. The largest absolute Gasteiger partial charge is 0.463 e. The van der Waals surface area contributed by atoms with Crippen molar-refractivity contribution in [2.24, 2.45) is 0 Å². The van der Waals surface area contributed by atoms with Gasteiger partial charge in [-0.05, 0) is 37.6 Å². The van der Waals surface area contributed by atoms with Crippen LogP contribution in [0.15, 0.2) is 34.7 Å². The van der Waals surface area contributed by atoms with E-state index in [4.69, 9.17) is 4.42 Å². The van der Waals surface area contributed by atoms with Crippen LogP contribution in [0.5, 0.6) is 0 Å². The van der Waals surface area contributed by atoms with Crippen LogP contribution < -0.4 is 0 Å². The number of carbonyl (C=O) groups is 1. The maximum atomic E-state index is 12.9. The van der Waals surface area contributed by atoms with Crippen molar-refractivity contribution in [2.45, 2.75) is 25.9 Å². The molecule has 0 unspecified atom stereocenters. The van der Waals surface area contributed by atoms with Gasteiger partial charge in [-0.25, -0.2) is 9.18 Å². The summed E-state index contributed by atoms with van der Waals surface area (Å²) in [7, 11) is 1.26. The molecule has 0 aliphatic rings. The van der Waals surface area contributed by atoms with Crippen LogP contribution in [0, 0.1) is 5.82 Å². The highest BCUT2D eigenvalue weighted by atomic mass is 19.1. The number of furan rings is 1. The second-order valence-electron chi connectivity index (χ2n) is 5.32. The number of benzene rings is 1. The van der Waals surface area contributed by atoms with Crippen LogP contribution in [0.4, 0.5) is 4.39 Å². The summed E-state index contributed by atoms with van der Waals surface area (Å²) in [5.41, 5.74) is 0.208. The Morgan fingerprint density at radius 3 is 2.48 bits per heavy atom. The number of hydrogen-bond donors (Lipinski definition) is 1. The summed E-state index contributed by atoms with van der Waals surface area (Å²) in [4.78, 5) is 11.8. The predicted octanol–water partition coefficient (Wildman–Crippen LogP) is 3.02. The summed E-state index contributed by atoms with van der Waals surface area (Å²) in [6, 6.07) is 7.59. The van der Waals surface area contributed by atoms with Crippen molar-refractivity contribution in [3.8, 4) is 0 Å². The molecule has 1 heterocycles. The number of methoxy groups -OCH3 is 1. The van der Waals surface area contributed by atoms with Crippen LogP contribution in [0.3, 0.4) is 0 Å². The molecule has 1 aromatic carbocycles. The highest BCUT2D eigenvalue weighted by molar-refractivity contribution is 5.88. The van der Waals surface area contributed by atoms with Gasteiger partial charge in [0.2, 0.25) is 5.76 Å². The van der Waals surface area contributed by atoms with E-state index < -0.39 is 11.6 Å². The molecular weight excluding hydrogens is 275 g/mol. The van der Waals surface area contributed by atoms with Crippen molar-refractivity contribution in [3.63, 3.8) is 0 Å². The zero-order chi connectivity index (χ0) is 15.6. The Hall–Kier alpha value is -2.14. The molecule has 4 nitrogen and oxygen atoms in total. The van der Waals surface area contributed by atoms with Gasteiger partial charge >= 0.3 is 5.97 Å². The van der Waals surface area contributed by atoms with E-state index in [1.807, 2.05) is 0 Å². The van der Waals surface area contributed by atoms with Crippen molar-refractivity contribution in [1.29, 1.82) is 0 Å². The second kappa shape index (κ2) is 5.69. The average molecular weight is 292 g/mol. The van der Waals surface area contributed by atoms with E-state index in [0.29, 0.717) is 12.0 Å². The van der Waals surface area contributed by atoms with Gasteiger partial charge in [-0.2, -0.15) is 0 Å². The Kier molecular flexibility index (Phi) is 4.14. The third kappa shape index (κ3) is 3.49. The van der Waals surface area contributed by atoms with Crippen LogP contribution in [0.1, 0.15) is 41.3 Å².